The maximum absolute atomic E-state index is 5.73. The predicted octanol–water partition coefficient (Wildman–Crippen LogP) is 2.65. The highest BCUT2D eigenvalue weighted by atomic mass is 15.2. The Morgan fingerprint density at radius 3 is 3.00 bits per heavy atom. The van der Waals surface area contributed by atoms with E-state index in [1.54, 1.807) is 0 Å². The van der Waals surface area contributed by atoms with Crippen molar-refractivity contribution in [3.05, 3.63) is 41.2 Å². The van der Waals surface area contributed by atoms with Crippen LogP contribution in [-0.2, 0) is 6.42 Å². The third-order valence-corrected chi connectivity index (χ3v) is 3.44. The molecule has 0 spiro atoms. The van der Waals surface area contributed by atoms with Gasteiger partial charge >= 0.3 is 0 Å². The van der Waals surface area contributed by atoms with Gasteiger partial charge in [-0.2, -0.15) is 0 Å². The number of allylic oxidation sites excluding steroid dienone is 1. The molecule has 1 aliphatic rings. The minimum Gasteiger partial charge on any atom is -0.271 e. The smallest absolute Gasteiger partial charge is 0.0844 e. The van der Waals surface area contributed by atoms with Gasteiger partial charge in [-0.1, -0.05) is 24.6 Å². The molecule has 1 unspecified atom stereocenters. The van der Waals surface area contributed by atoms with E-state index in [-0.39, 0.29) is 6.04 Å². The summed E-state index contributed by atoms with van der Waals surface area (Å²) in [7, 11) is 0. The second-order valence-corrected chi connectivity index (χ2v) is 4.53. The van der Waals surface area contributed by atoms with E-state index < -0.39 is 0 Å². The molecule has 2 rings (SSSR count). The van der Waals surface area contributed by atoms with Gasteiger partial charge in [0.05, 0.1) is 11.7 Å². The summed E-state index contributed by atoms with van der Waals surface area (Å²) < 4.78 is 0. The van der Waals surface area contributed by atoms with Gasteiger partial charge in [-0.25, -0.2) is 5.43 Å². The highest BCUT2D eigenvalue weighted by Crippen LogP contribution is 2.29. The summed E-state index contributed by atoms with van der Waals surface area (Å²) in [5, 5.41) is 0. The van der Waals surface area contributed by atoms with Gasteiger partial charge in [0, 0.05) is 6.20 Å². The molecule has 92 valence electrons. The molecule has 3 nitrogen and oxygen atoms in total. The lowest BCUT2D eigenvalue weighted by Gasteiger charge is -2.23. The molecule has 0 saturated heterocycles. The first kappa shape index (κ1) is 12.3. The van der Waals surface area contributed by atoms with Crippen molar-refractivity contribution in [1.82, 2.24) is 10.4 Å². The zero-order valence-electron chi connectivity index (χ0n) is 10.4. The van der Waals surface area contributed by atoms with Crippen LogP contribution in [-0.4, -0.2) is 4.98 Å². The number of rotatable bonds is 4. The van der Waals surface area contributed by atoms with E-state index in [1.165, 1.54) is 30.4 Å². The number of hydrazine groups is 1. The van der Waals surface area contributed by atoms with E-state index in [0.29, 0.717) is 0 Å². The monoisotopic (exact) mass is 231 g/mol. The molecule has 0 fully saturated rings. The first-order valence-electron chi connectivity index (χ1n) is 6.45. The zero-order chi connectivity index (χ0) is 12.1. The minimum atomic E-state index is 0.0893. The summed E-state index contributed by atoms with van der Waals surface area (Å²) in [5.41, 5.74) is 6.70. The Kier molecular flexibility index (Phi) is 4.29. The van der Waals surface area contributed by atoms with E-state index in [1.807, 2.05) is 12.3 Å². The second-order valence-electron chi connectivity index (χ2n) is 4.53. The van der Waals surface area contributed by atoms with Crippen LogP contribution in [0.25, 0.3) is 0 Å². The Balaban J connectivity index is 2.31. The Labute approximate surface area is 103 Å². The first-order valence-corrected chi connectivity index (χ1v) is 6.45. The van der Waals surface area contributed by atoms with Crippen LogP contribution >= 0.6 is 0 Å². The third-order valence-electron chi connectivity index (χ3n) is 3.44. The molecule has 3 N–H and O–H groups in total. The SMILES string of the molecule is CCc1cccnc1C(NN)C1=CCCCC1. The molecule has 0 amide bonds. The summed E-state index contributed by atoms with van der Waals surface area (Å²) in [6.45, 7) is 2.16. The van der Waals surface area contributed by atoms with E-state index in [2.05, 4.69) is 29.5 Å². The molecular weight excluding hydrogens is 210 g/mol. The third kappa shape index (κ3) is 2.73. The maximum Gasteiger partial charge on any atom is 0.0844 e. The molecule has 17 heavy (non-hydrogen) atoms. The fourth-order valence-electron chi connectivity index (χ4n) is 2.50. The average Bonchev–Trinajstić information content (AvgIpc) is 2.41. The number of pyridine rings is 1. The topological polar surface area (TPSA) is 50.9 Å². The number of nitrogens with zero attached hydrogens (tertiary/aromatic N) is 1. The molecule has 0 saturated carbocycles. The molecule has 1 aromatic heterocycles. The molecule has 1 heterocycles. The van der Waals surface area contributed by atoms with Gasteiger partial charge in [-0.3, -0.25) is 10.8 Å². The van der Waals surface area contributed by atoms with E-state index in [4.69, 9.17) is 5.84 Å². The molecule has 0 bridgehead atoms. The fraction of sp³-hybridized carbons (Fsp3) is 0.500. The summed E-state index contributed by atoms with van der Waals surface area (Å²) >= 11 is 0. The normalized spacial score (nSPS) is 17.6. The van der Waals surface area contributed by atoms with Gasteiger partial charge in [0.15, 0.2) is 0 Å². The summed E-state index contributed by atoms with van der Waals surface area (Å²) in [6.07, 6.45) is 10.0. The summed E-state index contributed by atoms with van der Waals surface area (Å²) in [6, 6.07) is 4.22. The molecule has 0 aromatic carbocycles. The molecule has 3 heteroatoms. The zero-order valence-corrected chi connectivity index (χ0v) is 10.4. The Bertz CT molecular complexity index is 398. The fourth-order valence-corrected chi connectivity index (χ4v) is 2.50. The minimum absolute atomic E-state index is 0.0893. The van der Waals surface area contributed by atoms with Crippen molar-refractivity contribution in [2.45, 2.75) is 45.1 Å². The van der Waals surface area contributed by atoms with Crippen LogP contribution in [0.5, 0.6) is 0 Å². The lowest BCUT2D eigenvalue weighted by atomic mass is 9.90. The van der Waals surface area contributed by atoms with Gasteiger partial charge in [-0.15, -0.1) is 0 Å². The van der Waals surface area contributed by atoms with Crippen molar-refractivity contribution in [1.29, 1.82) is 0 Å². The van der Waals surface area contributed by atoms with Crippen LogP contribution in [0.4, 0.5) is 0 Å². The molecule has 0 radical (unpaired) electrons. The largest absolute Gasteiger partial charge is 0.271 e. The van der Waals surface area contributed by atoms with Crippen molar-refractivity contribution in [2.75, 3.05) is 0 Å². The van der Waals surface area contributed by atoms with E-state index >= 15 is 0 Å². The lowest BCUT2D eigenvalue weighted by molar-refractivity contribution is 0.552. The Hall–Kier alpha value is -1.19. The summed E-state index contributed by atoms with van der Waals surface area (Å²) in [5.74, 6) is 5.73. The second kappa shape index (κ2) is 5.94. The van der Waals surface area contributed by atoms with Gasteiger partial charge in [0.2, 0.25) is 0 Å². The highest BCUT2D eigenvalue weighted by molar-refractivity contribution is 5.30. The number of aromatic nitrogens is 1. The number of nitrogens with two attached hydrogens (primary N) is 1. The summed E-state index contributed by atoms with van der Waals surface area (Å²) in [4.78, 5) is 4.51. The van der Waals surface area contributed by atoms with Crippen LogP contribution in [0, 0.1) is 0 Å². The van der Waals surface area contributed by atoms with Gasteiger partial charge in [0.1, 0.15) is 0 Å². The van der Waals surface area contributed by atoms with Crippen LogP contribution in [0.2, 0.25) is 0 Å². The molecular formula is C14H21N3. The van der Waals surface area contributed by atoms with Gasteiger partial charge < -0.3 is 0 Å². The van der Waals surface area contributed by atoms with Gasteiger partial charge in [-0.05, 0) is 43.7 Å². The lowest BCUT2D eigenvalue weighted by Crippen LogP contribution is -2.31. The highest BCUT2D eigenvalue weighted by Gasteiger charge is 2.20. The number of hydrogen-bond acceptors (Lipinski definition) is 3. The van der Waals surface area contributed by atoms with Crippen molar-refractivity contribution < 1.29 is 0 Å². The van der Waals surface area contributed by atoms with Crippen molar-refractivity contribution in [3.8, 4) is 0 Å². The van der Waals surface area contributed by atoms with E-state index in [9.17, 15) is 0 Å². The van der Waals surface area contributed by atoms with E-state index in [0.717, 1.165) is 18.5 Å². The Morgan fingerprint density at radius 1 is 1.47 bits per heavy atom. The number of nitrogens with one attached hydrogen (secondary N) is 1. The predicted molar refractivity (Wildman–Crippen MR) is 70.2 cm³/mol. The average molecular weight is 231 g/mol. The molecule has 1 atom stereocenters. The standard InChI is InChI=1S/C14H21N3/c1-2-11-9-6-10-16-13(11)14(17-15)12-7-4-3-5-8-12/h6-7,9-10,14,17H,2-5,8,15H2,1H3. The van der Waals surface area contributed by atoms with Crippen molar-refractivity contribution in [3.63, 3.8) is 0 Å². The quantitative estimate of drug-likeness (QED) is 0.476. The van der Waals surface area contributed by atoms with Crippen LogP contribution in [0.3, 0.4) is 0 Å². The number of hydrogen-bond donors (Lipinski definition) is 2. The number of aryl methyl sites for hydroxylation is 1. The molecule has 1 aliphatic carbocycles. The van der Waals surface area contributed by atoms with Crippen LogP contribution in [0.15, 0.2) is 30.0 Å². The molecule has 1 aromatic rings. The van der Waals surface area contributed by atoms with Crippen LogP contribution < -0.4 is 11.3 Å². The molecule has 0 aliphatic heterocycles. The maximum atomic E-state index is 5.73. The van der Waals surface area contributed by atoms with Crippen molar-refractivity contribution in [2.24, 2.45) is 5.84 Å². The van der Waals surface area contributed by atoms with Crippen molar-refractivity contribution >= 4 is 0 Å². The van der Waals surface area contributed by atoms with Crippen LogP contribution in [0.1, 0.15) is 49.9 Å². The Morgan fingerprint density at radius 2 is 2.35 bits per heavy atom. The van der Waals surface area contributed by atoms with Gasteiger partial charge in [0.25, 0.3) is 0 Å². The first-order chi connectivity index (χ1) is 8.36.